The Hall–Kier alpha value is -3.41. The molecule has 0 radical (unpaired) electrons. The van der Waals surface area contributed by atoms with Gasteiger partial charge in [-0.15, -0.1) is 0 Å². The van der Waals surface area contributed by atoms with E-state index in [0.29, 0.717) is 17.9 Å². The van der Waals surface area contributed by atoms with Crippen LogP contribution in [0.25, 0.3) is 0 Å². The minimum atomic E-state index is -0.543. The first-order chi connectivity index (χ1) is 12.5. The molecule has 1 aromatic heterocycles. The maximum absolute atomic E-state index is 13.8. The molecular formula is C20H17FN2O3. The fraction of sp³-hybridized carbons (Fsp3) is 0.100. The average Bonchev–Trinajstić information content (AvgIpc) is 3.15. The van der Waals surface area contributed by atoms with E-state index in [2.05, 4.69) is 10.6 Å². The van der Waals surface area contributed by atoms with Crippen LogP contribution in [0.1, 0.15) is 33.4 Å². The second-order valence-electron chi connectivity index (χ2n) is 5.70. The molecule has 3 rings (SSSR count). The van der Waals surface area contributed by atoms with Gasteiger partial charge in [-0.05, 0) is 48.9 Å². The Balaban J connectivity index is 1.64. The largest absolute Gasteiger partial charge is 0.459 e. The second kappa shape index (κ2) is 7.65. The minimum Gasteiger partial charge on any atom is -0.459 e. The van der Waals surface area contributed by atoms with E-state index in [1.165, 1.54) is 19.3 Å². The van der Waals surface area contributed by atoms with Crippen molar-refractivity contribution < 1.29 is 18.4 Å². The van der Waals surface area contributed by atoms with Crippen LogP contribution >= 0.6 is 0 Å². The van der Waals surface area contributed by atoms with Gasteiger partial charge in [0, 0.05) is 17.9 Å². The summed E-state index contributed by atoms with van der Waals surface area (Å²) in [5.41, 5.74) is 2.05. The Morgan fingerprint density at radius 1 is 1.04 bits per heavy atom. The molecule has 0 aliphatic rings. The molecule has 0 saturated carbocycles. The predicted molar refractivity (Wildman–Crippen MR) is 96.8 cm³/mol. The summed E-state index contributed by atoms with van der Waals surface area (Å²) >= 11 is 0. The Bertz CT molecular complexity index is 919. The summed E-state index contributed by atoms with van der Waals surface area (Å²) in [5, 5.41) is 5.80. The van der Waals surface area contributed by atoms with Crippen LogP contribution in [0.15, 0.2) is 65.3 Å². The van der Waals surface area contributed by atoms with Crippen molar-refractivity contribution in [2.75, 3.05) is 10.6 Å². The summed E-state index contributed by atoms with van der Waals surface area (Å²) in [7, 11) is 0. The van der Waals surface area contributed by atoms with Crippen molar-refractivity contribution in [1.82, 2.24) is 0 Å². The third-order valence-electron chi connectivity index (χ3n) is 3.81. The van der Waals surface area contributed by atoms with Crippen LogP contribution in [-0.4, -0.2) is 11.7 Å². The van der Waals surface area contributed by atoms with Gasteiger partial charge in [-0.3, -0.25) is 9.59 Å². The Morgan fingerprint density at radius 2 is 1.81 bits per heavy atom. The number of furan rings is 1. The third kappa shape index (κ3) is 3.97. The normalized spacial score (nSPS) is 10.4. The molecule has 2 N–H and O–H groups in total. The molecule has 0 bridgehead atoms. The van der Waals surface area contributed by atoms with Gasteiger partial charge in [-0.2, -0.15) is 0 Å². The maximum atomic E-state index is 13.8. The summed E-state index contributed by atoms with van der Waals surface area (Å²) in [5.74, 6) is -0.967. The van der Waals surface area contributed by atoms with E-state index in [4.69, 9.17) is 4.42 Å². The van der Waals surface area contributed by atoms with Gasteiger partial charge >= 0.3 is 0 Å². The molecule has 1 amide bonds. The number of ketones is 1. The van der Waals surface area contributed by atoms with Crippen molar-refractivity contribution in [1.29, 1.82) is 0 Å². The molecule has 6 heteroatoms. The molecule has 3 aromatic rings. The van der Waals surface area contributed by atoms with E-state index in [9.17, 15) is 14.0 Å². The lowest BCUT2D eigenvalue weighted by molar-refractivity contribution is 0.0993. The molecule has 0 atom stereocenters. The van der Waals surface area contributed by atoms with Crippen LogP contribution in [0.3, 0.4) is 0 Å². The molecule has 5 nitrogen and oxygen atoms in total. The molecule has 2 aromatic carbocycles. The molecule has 26 heavy (non-hydrogen) atoms. The molecule has 0 aliphatic heterocycles. The standard InChI is InChI=1S/C20H17FN2O3/c1-13(24)19-16(21)4-2-5-17(19)22-12-14-7-9-15(10-8-14)23-20(25)18-6-3-11-26-18/h2-11,22H,12H2,1H3,(H,23,25). The van der Waals surface area contributed by atoms with Crippen molar-refractivity contribution in [3.8, 4) is 0 Å². The van der Waals surface area contributed by atoms with E-state index in [1.807, 2.05) is 12.1 Å². The van der Waals surface area contributed by atoms with E-state index in [0.717, 1.165) is 5.56 Å². The van der Waals surface area contributed by atoms with E-state index in [-0.39, 0.29) is 23.0 Å². The number of hydrogen-bond acceptors (Lipinski definition) is 4. The fourth-order valence-corrected chi connectivity index (χ4v) is 2.53. The monoisotopic (exact) mass is 352 g/mol. The van der Waals surface area contributed by atoms with E-state index < -0.39 is 5.82 Å². The van der Waals surface area contributed by atoms with Gasteiger partial charge in [0.25, 0.3) is 5.91 Å². The van der Waals surface area contributed by atoms with Gasteiger partial charge in [0.1, 0.15) is 5.82 Å². The number of carbonyl (C=O) groups is 2. The quantitative estimate of drug-likeness (QED) is 0.642. The molecule has 0 spiro atoms. The van der Waals surface area contributed by atoms with Gasteiger partial charge in [0.05, 0.1) is 11.8 Å². The van der Waals surface area contributed by atoms with Crippen molar-refractivity contribution in [2.45, 2.75) is 13.5 Å². The van der Waals surface area contributed by atoms with Gasteiger partial charge in [-0.1, -0.05) is 18.2 Å². The van der Waals surface area contributed by atoms with Gasteiger partial charge in [-0.25, -0.2) is 4.39 Å². The van der Waals surface area contributed by atoms with E-state index >= 15 is 0 Å². The summed E-state index contributed by atoms with van der Waals surface area (Å²) < 4.78 is 18.8. The third-order valence-corrected chi connectivity index (χ3v) is 3.81. The Morgan fingerprint density at radius 3 is 2.46 bits per heavy atom. The van der Waals surface area contributed by atoms with Crippen LogP contribution in [-0.2, 0) is 6.54 Å². The Kier molecular flexibility index (Phi) is 5.12. The van der Waals surface area contributed by atoms with Gasteiger partial charge in [0.15, 0.2) is 11.5 Å². The minimum absolute atomic E-state index is 0.0508. The highest BCUT2D eigenvalue weighted by Gasteiger charge is 2.12. The first-order valence-electron chi connectivity index (χ1n) is 8.01. The highest BCUT2D eigenvalue weighted by atomic mass is 19.1. The van der Waals surface area contributed by atoms with Crippen LogP contribution in [0.4, 0.5) is 15.8 Å². The number of halogens is 1. The van der Waals surface area contributed by atoms with Crippen molar-refractivity contribution in [3.05, 3.63) is 83.6 Å². The van der Waals surface area contributed by atoms with Gasteiger partial charge < -0.3 is 15.1 Å². The molecule has 0 unspecified atom stereocenters. The second-order valence-corrected chi connectivity index (χ2v) is 5.70. The number of amides is 1. The SMILES string of the molecule is CC(=O)c1c(F)cccc1NCc1ccc(NC(=O)c2ccco2)cc1. The number of carbonyl (C=O) groups excluding carboxylic acids is 2. The molecule has 0 aliphatic carbocycles. The molecule has 0 fully saturated rings. The first-order valence-corrected chi connectivity index (χ1v) is 8.01. The summed E-state index contributed by atoms with van der Waals surface area (Å²) in [6.45, 7) is 1.75. The highest BCUT2D eigenvalue weighted by Crippen LogP contribution is 2.21. The number of rotatable bonds is 6. The number of nitrogens with one attached hydrogen (secondary N) is 2. The predicted octanol–water partition coefficient (Wildman–Crippen LogP) is 4.49. The zero-order valence-corrected chi connectivity index (χ0v) is 14.1. The number of hydrogen-bond donors (Lipinski definition) is 2. The topological polar surface area (TPSA) is 71.3 Å². The van der Waals surface area contributed by atoms with Crippen LogP contribution < -0.4 is 10.6 Å². The van der Waals surface area contributed by atoms with Crippen LogP contribution in [0.2, 0.25) is 0 Å². The first kappa shape index (κ1) is 17.4. The number of anilines is 2. The molecule has 132 valence electrons. The number of benzene rings is 2. The molecular weight excluding hydrogens is 335 g/mol. The summed E-state index contributed by atoms with van der Waals surface area (Å²) in [6, 6.07) is 14.9. The molecule has 0 saturated heterocycles. The lowest BCUT2D eigenvalue weighted by Gasteiger charge is -2.11. The van der Waals surface area contributed by atoms with E-state index in [1.54, 1.807) is 36.4 Å². The van der Waals surface area contributed by atoms with Crippen molar-refractivity contribution in [3.63, 3.8) is 0 Å². The Labute approximate surface area is 149 Å². The lowest BCUT2D eigenvalue weighted by Crippen LogP contribution is -2.11. The highest BCUT2D eigenvalue weighted by molar-refractivity contribution is 6.02. The average molecular weight is 352 g/mol. The zero-order valence-electron chi connectivity index (χ0n) is 14.1. The van der Waals surface area contributed by atoms with Crippen LogP contribution in [0, 0.1) is 5.82 Å². The zero-order chi connectivity index (χ0) is 18.5. The van der Waals surface area contributed by atoms with Crippen molar-refractivity contribution >= 4 is 23.1 Å². The smallest absolute Gasteiger partial charge is 0.291 e. The molecule has 1 heterocycles. The number of Topliss-reactive ketones (excluding diaryl/α,β-unsaturated/α-hetero) is 1. The summed E-state index contributed by atoms with van der Waals surface area (Å²) in [6.07, 6.45) is 1.44. The van der Waals surface area contributed by atoms with Gasteiger partial charge in [0.2, 0.25) is 0 Å². The maximum Gasteiger partial charge on any atom is 0.291 e. The summed E-state index contributed by atoms with van der Waals surface area (Å²) in [4.78, 5) is 23.5. The lowest BCUT2D eigenvalue weighted by atomic mass is 10.1. The van der Waals surface area contributed by atoms with Crippen molar-refractivity contribution in [2.24, 2.45) is 0 Å². The van der Waals surface area contributed by atoms with Crippen LogP contribution in [0.5, 0.6) is 0 Å². The fourth-order valence-electron chi connectivity index (χ4n) is 2.53.